The highest BCUT2D eigenvalue weighted by Crippen LogP contribution is 2.28. The van der Waals surface area contributed by atoms with Gasteiger partial charge in [-0.2, -0.15) is 0 Å². The molecule has 1 aliphatic heterocycles. The molecular formula is C12H20N2OS. The van der Waals surface area contributed by atoms with Crippen LogP contribution in [0.2, 0.25) is 0 Å². The predicted octanol–water partition coefficient (Wildman–Crippen LogP) is 1.51. The number of piperidine rings is 1. The summed E-state index contributed by atoms with van der Waals surface area (Å²) in [7, 11) is 0. The van der Waals surface area contributed by atoms with E-state index in [1.165, 1.54) is 9.75 Å². The van der Waals surface area contributed by atoms with E-state index in [9.17, 15) is 5.11 Å². The first-order valence-corrected chi connectivity index (χ1v) is 6.71. The molecule has 2 rings (SSSR count). The van der Waals surface area contributed by atoms with Gasteiger partial charge in [0.25, 0.3) is 0 Å². The molecule has 1 saturated heterocycles. The van der Waals surface area contributed by atoms with Gasteiger partial charge in [-0.3, -0.25) is 4.90 Å². The zero-order chi connectivity index (χ0) is 11.5. The molecule has 0 radical (unpaired) electrons. The zero-order valence-electron chi connectivity index (χ0n) is 9.72. The highest BCUT2D eigenvalue weighted by Gasteiger charge is 2.24. The highest BCUT2D eigenvalue weighted by molar-refractivity contribution is 7.12. The van der Waals surface area contributed by atoms with Crippen molar-refractivity contribution in [2.45, 2.75) is 31.9 Å². The molecule has 0 bridgehead atoms. The minimum Gasteiger partial charge on any atom is -0.393 e. The van der Waals surface area contributed by atoms with Gasteiger partial charge in [0.2, 0.25) is 0 Å². The minimum absolute atomic E-state index is 0.111. The van der Waals surface area contributed by atoms with Gasteiger partial charge in [-0.1, -0.05) is 0 Å². The number of aliphatic hydroxyl groups excluding tert-OH is 1. The largest absolute Gasteiger partial charge is 0.393 e. The number of hydrogen-bond donors (Lipinski definition) is 2. The zero-order valence-corrected chi connectivity index (χ0v) is 10.5. The summed E-state index contributed by atoms with van der Waals surface area (Å²) >= 11 is 1.83. The summed E-state index contributed by atoms with van der Waals surface area (Å²) in [6.45, 7) is 4.71. The number of thiophene rings is 1. The Balaban J connectivity index is 2.05. The van der Waals surface area contributed by atoms with Gasteiger partial charge in [-0.15, -0.1) is 11.3 Å². The summed E-state index contributed by atoms with van der Waals surface area (Å²) < 4.78 is 0. The van der Waals surface area contributed by atoms with E-state index >= 15 is 0 Å². The lowest BCUT2D eigenvalue weighted by Gasteiger charge is -2.35. The molecule has 3 N–H and O–H groups in total. The third-order valence-electron chi connectivity index (χ3n) is 3.25. The van der Waals surface area contributed by atoms with Crippen molar-refractivity contribution in [3.05, 3.63) is 21.9 Å². The summed E-state index contributed by atoms with van der Waals surface area (Å²) in [5.41, 5.74) is 5.88. The Hall–Kier alpha value is -0.420. The van der Waals surface area contributed by atoms with E-state index in [0.717, 1.165) is 25.9 Å². The van der Waals surface area contributed by atoms with Crippen LogP contribution in [0, 0.1) is 6.92 Å². The van der Waals surface area contributed by atoms with Crippen molar-refractivity contribution in [3.8, 4) is 0 Å². The fourth-order valence-electron chi connectivity index (χ4n) is 2.28. The number of nitrogens with zero attached hydrogens (tertiary/aromatic N) is 1. The maximum Gasteiger partial charge on any atom is 0.0564 e. The average Bonchev–Trinajstić information content (AvgIpc) is 2.69. The maximum absolute atomic E-state index is 9.50. The predicted molar refractivity (Wildman–Crippen MR) is 67.7 cm³/mol. The van der Waals surface area contributed by atoms with Crippen LogP contribution >= 0.6 is 11.3 Å². The second-order valence-electron chi connectivity index (χ2n) is 4.47. The van der Waals surface area contributed by atoms with Crippen molar-refractivity contribution in [3.63, 3.8) is 0 Å². The van der Waals surface area contributed by atoms with Crippen molar-refractivity contribution in [2.24, 2.45) is 5.73 Å². The lowest BCUT2D eigenvalue weighted by atomic mass is 10.0. The summed E-state index contributed by atoms with van der Waals surface area (Å²) in [4.78, 5) is 5.10. The van der Waals surface area contributed by atoms with Crippen molar-refractivity contribution >= 4 is 11.3 Å². The van der Waals surface area contributed by atoms with E-state index in [1.54, 1.807) is 0 Å². The molecule has 16 heavy (non-hydrogen) atoms. The number of rotatable bonds is 3. The molecule has 4 heteroatoms. The first-order chi connectivity index (χ1) is 7.70. The van der Waals surface area contributed by atoms with Crippen molar-refractivity contribution < 1.29 is 5.11 Å². The van der Waals surface area contributed by atoms with Crippen LogP contribution in [0.5, 0.6) is 0 Å². The molecule has 2 heterocycles. The van der Waals surface area contributed by atoms with Crippen LogP contribution in [0.4, 0.5) is 0 Å². The maximum atomic E-state index is 9.50. The molecule has 3 nitrogen and oxygen atoms in total. The van der Waals surface area contributed by atoms with Gasteiger partial charge < -0.3 is 10.8 Å². The van der Waals surface area contributed by atoms with Gasteiger partial charge in [0.1, 0.15) is 0 Å². The van der Waals surface area contributed by atoms with E-state index < -0.39 is 0 Å². The second-order valence-corrected chi connectivity index (χ2v) is 5.79. The lowest BCUT2D eigenvalue weighted by molar-refractivity contribution is 0.0630. The van der Waals surface area contributed by atoms with Crippen molar-refractivity contribution in [1.29, 1.82) is 0 Å². The van der Waals surface area contributed by atoms with Gasteiger partial charge in [0.05, 0.1) is 12.1 Å². The number of nitrogens with two attached hydrogens (primary N) is 1. The van der Waals surface area contributed by atoms with E-state index in [1.807, 2.05) is 11.3 Å². The van der Waals surface area contributed by atoms with Crippen molar-refractivity contribution in [2.75, 3.05) is 19.6 Å². The van der Waals surface area contributed by atoms with E-state index in [0.29, 0.717) is 12.6 Å². The first kappa shape index (κ1) is 12.0. The molecular weight excluding hydrogens is 220 g/mol. The van der Waals surface area contributed by atoms with Crippen LogP contribution < -0.4 is 5.73 Å². The number of aryl methyl sites for hydroxylation is 1. The van der Waals surface area contributed by atoms with E-state index in [4.69, 9.17) is 5.73 Å². The van der Waals surface area contributed by atoms with Crippen LogP contribution in [0.25, 0.3) is 0 Å². The minimum atomic E-state index is -0.111. The molecule has 0 amide bonds. The molecule has 1 fully saturated rings. The topological polar surface area (TPSA) is 49.5 Å². The SMILES string of the molecule is Cc1ccc(C(CN)N2CCC(O)CC2)s1. The van der Waals surface area contributed by atoms with Crippen LogP contribution in [-0.2, 0) is 0 Å². The average molecular weight is 240 g/mol. The molecule has 0 aromatic carbocycles. The number of likely N-dealkylation sites (tertiary alicyclic amines) is 1. The Morgan fingerprint density at radius 1 is 1.50 bits per heavy atom. The second kappa shape index (κ2) is 5.27. The molecule has 1 unspecified atom stereocenters. The Kier molecular flexibility index (Phi) is 3.97. The van der Waals surface area contributed by atoms with Crippen LogP contribution in [-0.4, -0.2) is 35.7 Å². The highest BCUT2D eigenvalue weighted by atomic mass is 32.1. The van der Waals surface area contributed by atoms with Gasteiger partial charge in [-0.25, -0.2) is 0 Å². The van der Waals surface area contributed by atoms with Crippen LogP contribution in [0.15, 0.2) is 12.1 Å². The Bertz CT molecular complexity index is 332. The van der Waals surface area contributed by atoms with Crippen molar-refractivity contribution in [1.82, 2.24) is 4.90 Å². The molecule has 1 atom stereocenters. The summed E-state index contributed by atoms with van der Waals surface area (Å²) in [5.74, 6) is 0. The van der Waals surface area contributed by atoms with Gasteiger partial charge in [0, 0.05) is 29.4 Å². The van der Waals surface area contributed by atoms with Crippen LogP contribution in [0.1, 0.15) is 28.6 Å². The molecule has 1 aromatic heterocycles. The monoisotopic (exact) mass is 240 g/mol. The fourth-order valence-corrected chi connectivity index (χ4v) is 3.30. The molecule has 0 saturated carbocycles. The standard InChI is InChI=1S/C12H20N2OS/c1-9-2-3-12(16-9)11(8-13)14-6-4-10(15)5-7-14/h2-3,10-11,15H,4-8,13H2,1H3. The van der Waals surface area contributed by atoms with Gasteiger partial charge >= 0.3 is 0 Å². The van der Waals surface area contributed by atoms with Crippen LogP contribution in [0.3, 0.4) is 0 Å². The van der Waals surface area contributed by atoms with E-state index in [2.05, 4.69) is 24.0 Å². The molecule has 0 aliphatic carbocycles. The Labute approximate surface area is 101 Å². The lowest BCUT2D eigenvalue weighted by Crippen LogP contribution is -2.40. The van der Waals surface area contributed by atoms with Gasteiger partial charge in [0.15, 0.2) is 0 Å². The van der Waals surface area contributed by atoms with E-state index in [-0.39, 0.29) is 6.10 Å². The molecule has 0 spiro atoms. The molecule has 90 valence electrons. The fraction of sp³-hybridized carbons (Fsp3) is 0.667. The normalized spacial score (nSPS) is 21.2. The van der Waals surface area contributed by atoms with Gasteiger partial charge in [-0.05, 0) is 31.9 Å². The Morgan fingerprint density at radius 3 is 2.69 bits per heavy atom. The summed E-state index contributed by atoms with van der Waals surface area (Å²) in [6, 6.07) is 4.68. The smallest absolute Gasteiger partial charge is 0.0564 e. The Morgan fingerprint density at radius 2 is 2.19 bits per heavy atom. The summed E-state index contributed by atoms with van der Waals surface area (Å²) in [6.07, 6.45) is 1.64. The quantitative estimate of drug-likeness (QED) is 0.842. The summed E-state index contributed by atoms with van der Waals surface area (Å²) in [5, 5.41) is 9.50. The third-order valence-corrected chi connectivity index (χ3v) is 4.35. The first-order valence-electron chi connectivity index (χ1n) is 5.89. The number of hydrogen-bond acceptors (Lipinski definition) is 4. The molecule has 1 aromatic rings. The third kappa shape index (κ3) is 2.63. The molecule has 1 aliphatic rings. The number of aliphatic hydroxyl groups is 1.